The van der Waals surface area contributed by atoms with Crippen molar-refractivity contribution >= 4 is 17.3 Å². The highest BCUT2D eigenvalue weighted by atomic mass is 35.5. The minimum absolute atomic E-state index is 0.771. The molecule has 2 aromatic carbocycles. The van der Waals surface area contributed by atoms with Crippen molar-refractivity contribution in [3.05, 3.63) is 81.6 Å². The van der Waals surface area contributed by atoms with Crippen molar-refractivity contribution in [2.24, 2.45) is 0 Å². The summed E-state index contributed by atoms with van der Waals surface area (Å²) >= 11 is 6.11. The molecule has 5 rings (SSSR count). The number of hydrogen-bond acceptors (Lipinski definition) is 4. The molecule has 4 nitrogen and oxygen atoms in total. The summed E-state index contributed by atoms with van der Waals surface area (Å²) < 4.78 is 5.58. The van der Waals surface area contributed by atoms with Crippen molar-refractivity contribution in [1.29, 1.82) is 0 Å². The Hall–Kier alpha value is -2.40. The SMILES string of the molecule is Cc1cc(Cl)ccc1-c1ccc(CN2CCc3c(C)ccc(N4CCOCC4)c3C2)nc1. The molecular formula is C27H30ClN3O. The van der Waals surface area contributed by atoms with E-state index >= 15 is 0 Å². The van der Waals surface area contributed by atoms with Crippen LogP contribution in [0.2, 0.25) is 5.02 Å². The molecule has 0 atom stereocenters. The summed E-state index contributed by atoms with van der Waals surface area (Å²) in [6.45, 7) is 10.8. The van der Waals surface area contributed by atoms with Gasteiger partial charge in [0.05, 0.1) is 18.9 Å². The number of rotatable bonds is 4. The molecular weight excluding hydrogens is 418 g/mol. The Kier molecular flexibility index (Phi) is 6.18. The molecule has 0 saturated carbocycles. The van der Waals surface area contributed by atoms with Crippen molar-refractivity contribution in [2.45, 2.75) is 33.4 Å². The largest absolute Gasteiger partial charge is 0.378 e. The van der Waals surface area contributed by atoms with Crippen LogP contribution in [-0.2, 0) is 24.2 Å². The van der Waals surface area contributed by atoms with Crippen LogP contribution in [0, 0.1) is 13.8 Å². The fourth-order valence-electron chi connectivity index (χ4n) is 4.99. The molecule has 1 saturated heterocycles. The second-order valence-corrected chi connectivity index (χ2v) is 9.35. The van der Waals surface area contributed by atoms with Crippen LogP contribution in [0.15, 0.2) is 48.7 Å². The smallest absolute Gasteiger partial charge is 0.0642 e. The van der Waals surface area contributed by atoms with Crippen molar-refractivity contribution in [2.75, 3.05) is 37.7 Å². The summed E-state index contributed by atoms with van der Waals surface area (Å²) in [5, 5.41) is 0.771. The predicted octanol–water partition coefficient (Wildman–Crippen LogP) is 5.41. The van der Waals surface area contributed by atoms with Gasteiger partial charge in [-0.25, -0.2) is 0 Å². The Bertz CT molecular complexity index is 1110. The van der Waals surface area contributed by atoms with E-state index in [1.54, 1.807) is 0 Å². The van der Waals surface area contributed by atoms with E-state index in [1.807, 2.05) is 18.3 Å². The predicted molar refractivity (Wildman–Crippen MR) is 131 cm³/mol. The summed E-state index contributed by atoms with van der Waals surface area (Å²) in [6.07, 6.45) is 3.09. The van der Waals surface area contributed by atoms with Crippen molar-refractivity contribution in [3.63, 3.8) is 0 Å². The molecule has 0 unspecified atom stereocenters. The van der Waals surface area contributed by atoms with Gasteiger partial charge >= 0.3 is 0 Å². The second-order valence-electron chi connectivity index (χ2n) is 8.92. The molecule has 5 heteroatoms. The summed E-state index contributed by atoms with van der Waals surface area (Å²) in [4.78, 5) is 9.82. The van der Waals surface area contributed by atoms with Crippen LogP contribution in [0.25, 0.3) is 11.1 Å². The van der Waals surface area contributed by atoms with Gasteiger partial charge in [0, 0.05) is 55.2 Å². The van der Waals surface area contributed by atoms with Gasteiger partial charge in [-0.05, 0) is 72.4 Å². The average Bonchev–Trinajstić information content (AvgIpc) is 2.81. The standard InChI is InChI=1S/C27H30ClN3O/c1-19-3-8-27(31-11-13-32-14-12-31)26-18-30(10-9-25(19)26)17-23-6-4-21(16-29-23)24-7-5-22(28)15-20(24)2/h3-8,15-16H,9-14,17-18H2,1-2H3. The fraction of sp³-hybridized carbons (Fsp3) is 0.370. The van der Waals surface area contributed by atoms with Crippen LogP contribution >= 0.6 is 11.6 Å². The minimum atomic E-state index is 0.771. The second kappa shape index (κ2) is 9.22. The molecule has 0 amide bonds. The molecule has 1 aromatic heterocycles. The van der Waals surface area contributed by atoms with Gasteiger partial charge in [-0.3, -0.25) is 9.88 Å². The Labute approximate surface area is 195 Å². The molecule has 0 N–H and O–H groups in total. The third-order valence-corrected chi connectivity index (χ3v) is 7.00. The first-order chi connectivity index (χ1) is 15.6. The highest BCUT2D eigenvalue weighted by molar-refractivity contribution is 6.30. The van der Waals surface area contributed by atoms with Gasteiger partial charge in [0.2, 0.25) is 0 Å². The number of fused-ring (bicyclic) bond motifs is 1. The number of anilines is 1. The average molecular weight is 448 g/mol. The van der Waals surface area contributed by atoms with Gasteiger partial charge in [-0.2, -0.15) is 0 Å². The summed E-state index contributed by atoms with van der Waals surface area (Å²) in [5.74, 6) is 0. The lowest BCUT2D eigenvalue weighted by atomic mass is 9.93. The topological polar surface area (TPSA) is 28.6 Å². The molecule has 1 fully saturated rings. The van der Waals surface area contributed by atoms with E-state index in [9.17, 15) is 0 Å². The van der Waals surface area contributed by atoms with Crippen LogP contribution in [0.3, 0.4) is 0 Å². The molecule has 0 bridgehead atoms. The quantitative estimate of drug-likeness (QED) is 0.534. The number of ether oxygens (including phenoxy) is 1. The van der Waals surface area contributed by atoms with Crippen LogP contribution in [0.1, 0.15) is 27.9 Å². The third kappa shape index (κ3) is 4.40. The first-order valence-corrected chi connectivity index (χ1v) is 11.8. The molecule has 0 spiro atoms. The van der Waals surface area contributed by atoms with E-state index in [1.165, 1.54) is 33.5 Å². The monoisotopic (exact) mass is 447 g/mol. The van der Waals surface area contributed by atoms with Crippen LogP contribution < -0.4 is 4.90 Å². The lowest BCUT2D eigenvalue weighted by Crippen LogP contribution is -2.38. The highest BCUT2D eigenvalue weighted by Gasteiger charge is 2.24. The number of aryl methyl sites for hydroxylation is 2. The van der Waals surface area contributed by atoms with Gasteiger partial charge in [0.25, 0.3) is 0 Å². The first-order valence-electron chi connectivity index (χ1n) is 11.5. The molecule has 166 valence electrons. The van der Waals surface area contributed by atoms with Crippen molar-refractivity contribution in [1.82, 2.24) is 9.88 Å². The van der Waals surface area contributed by atoms with Gasteiger partial charge in [-0.1, -0.05) is 29.8 Å². The minimum Gasteiger partial charge on any atom is -0.378 e. The fourth-order valence-corrected chi connectivity index (χ4v) is 5.21. The molecule has 2 aliphatic heterocycles. The molecule has 0 radical (unpaired) electrons. The highest BCUT2D eigenvalue weighted by Crippen LogP contribution is 2.33. The maximum atomic E-state index is 6.11. The zero-order chi connectivity index (χ0) is 22.1. The number of nitrogens with zero attached hydrogens (tertiary/aromatic N) is 3. The van der Waals surface area contributed by atoms with E-state index in [0.29, 0.717) is 0 Å². The molecule has 32 heavy (non-hydrogen) atoms. The lowest BCUT2D eigenvalue weighted by Gasteiger charge is -2.36. The Morgan fingerprint density at radius 3 is 2.53 bits per heavy atom. The normalized spacial score (nSPS) is 16.8. The van der Waals surface area contributed by atoms with Crippen LogP contribution in [0.5, 0.6) is 0 Å². The zero-order valence-corrected chi connectivity index (χ0v) is 19.7. The zero-order valence-electron chi connectivity index (χ0n) is 18.9. The maximum Gasteiger partial charge on any atom is 0.0642 e. The maximum absolute atomic E-state index is 6.11. The molecule has 2 aliphatic rings. The van der Waals surface area contributed by atoms with E-state index in [4.69, 9.17) is 21.3 Å². The number of benzene rings is 2. The van der Waals surface area contributed by atoms with E-state index < -0.39 is 0 Å². The molecule has 3 heterocycles. The Balaban J connectivity index is 1.33. The number of hydrogen-bond donors (Lipinski definition) is 0. The number of pyridine rings is 1. The van der Waals surface area contributed by atoms with Gasteiger partial charge in [0.1, 0.15) is 0 Å². The van der Waals surface area contributed by atoms with E-state index in [2.05, 4.69) is 54.0 Å². The van der Waals surface area contributed by atoms with Gasteiger partial charge in [0.15, 0.2) is 0 Å². The number of halogens is 1. The summed E-state index contributed by atoms with van der Waals surface area (Å²) in [5.41, 5.74) is 10.4. The van der Waals surface area contributed by atoms with E-state index in [-0.39, 0.29) is 0 Å². The summed E-state index contributed by atoms with van der Waals surface area (Å²) in [7, 11) is 0. The van der Waals surface area contributed by atoms with E-state index in [0.717, 1.165) is 68.6 Å². The first kappa shape index (κ1) is 21.4. The summed E-state index contributed by atoms with van der Waals surface area (Å²) in [6, 6.07) is 15.0. The van der Waals surface area contributed by atoms with Crippen molar-refractivity contribution in [3.8, 4) is 11.1 Å². The van der Waals surface area contributed by atoms with Gasteiger partial charge in [-0.15, -0.1) is 0 Å². The number of morpholine rings is 1. The Morgan fingerprint density at radius 2 is 1.78 bits per heavy atom. The molecule has 3 aromatic rings. The third-order valence-electron chi connectivity index (χ3n) is 6.76. The van der Waals surface area contributed by atoms with Crippen LogP contribution in [0.4, 0.5) is 5.69 Å². The van der Waals surface area contributed by atoms with Crippen LogP contribution in [-0.4, -0.2) is 42.7 Å². The lowest BCUT2D eigenvalue weighted by molar-refractivity contribution is 0.122. The van der Waals surface area contributed by atoms with Gasteiger partial charge < -0.3 is 9.64 Å². The Morgan fingerprint density at radius 1 is 0.938 bits per heavy atom. The molecule has 0 aliphatic carbocycles. The van der Waals surface area contributed by atoms with Crippen molar-refractivity contribution < 1.29 is 4.74 Å². The number of aromatic nitrogens is 1.